The number of halogens is 4. The summed E-state index contributed by atoms with van der Waals surface area (Å²) in [6.45, 7) is -0.131. The van der Waals surface area contributed by atoms with E-state index in [4.69, 9.17) is 11.6 Å². The average Bonchev–Trinajstić information content (AvgIpc) is 2.23. The minimum Gasteiger partial charge on any atom is -0.431 e. The van der Waals surface area contributed by atoms with Gasteiger partial charge >= 0.3 is 6.61 Å². The zero-order valence-electron chi connectivity index (χ0n) is 9.27. The highest BCUT2D eigenvalue weighted by Gasteiger charge is 2.14. The smallest absolute Gasteiger partial charge is 0.387 e. The van der Waals surface area contributed by atoms with Crippen LogP contribution in [0.1, 0.15) is 19.8 Å². The second-order valence-electron chi connectivity index (χ2n) is 3.42. The van der Waals surface area contributed by atoms with E-state index in [0.717, 1.165) is 12.8 Å². The van der Waals surface area contributed by atoms with Crippen LogP contribution in [0.15, 0.2) is 16.6 Å². The molecule has 0 aliphatic carbocycles. The Kier molecular flexibility index (Phi) is 5.98. The lowest BCUT2D eigenvalue weighted by Crippen LogP contribution is -2.08. The molecule has 1 aromatic rings. The van der Waals surface area contributed by atoms with Crippen molar-refractivity contribution in [2.45, 2.75) is 26.4 Å². The zero-order valence-corrected chi connectivity index (χ0v) is 11.6. The summed E-state index contributed by atoms with van der Waals surface area (Å²) in [6, 6.07) is 3.09. The standard InChI is InChI=1S/C11H13BrClF2NO/c1-2-3-4-16-9-6-7(13)5-8(12)10(9)17-11(14)15/h5-6,11,16H,2-4H2,1H3. The quantitative estimate of drug-likeness (QED) is 0.749. The SMILES string of the molecule is CCCCNc1cc(Cl)cc(Br)c1OC(F)F. The van der Waals surface area contributed by atoms with Crippen molar-refractivity contribution >= 4 is 33.2 Å². The summed E-state index contributed by atoms with van der Waals surface area (Å²) >= 11 is 9.01. The molecule has 0 saturated heterocycles. The van der Waals surface area contributed by atoms with Gasteiger partial charge in [-0.25, -0.2) is 0 Å². The third-order valence-electron chi connectivity index (χ3n) is 2.06. The molecule has 0 bridgehead atoms. The number of rotatable bonds is 6. The highest BCUT2D eigenvalue weighted by Crippen LogP contribution is 2.37. The summed E-state index contributed by atoms with van der Waals surface area (Å²) in [5.41, 5.74) is 0.470. The monoisotopic (exact) mass is 327 g/mol. The van der Waals surface area contributed by atoms with Crippen LogP contribution < -0.4 is 10.1 Å². The number of benzene rings is 1. The lowest BCUT2D eigenvalue weighted by atomic mass is 10.2. The molecule has 96 valence electrons. The summed E-state index contributed by atoms with van der Waals surface area (Å²) in [7, 11) is 0. The van der Waals surface area contributed by atoms with Gasteiger partial charge in [0.15, 0.2) is 5.75 Å². The van der Waals surface area contributed by atoms with Crippen LogP contribution in [0.25, 0.3) is 0 Å². The maximum Gasteiger partial charge on any atom is 0.387 e. The summed E-state index contributed by atoms with van der Waals surface area (Å²) < 4.78 is 29.4. The Labute approximate surface area is 112 Å². The van der Waals surface area contributed by atoms with Gasteiger partial charge in [0, 0.05) is 11.6 Å². The maximum absolute atomic E-state index is 12.3. The molecule has 2 nitrogen and oxygen atoms in total. The molecular weight excluding hydrogens is 315 g/mol. The summed E-state index contributed by atoms with van der Waals surface area (Å²) in [4.78, 5) is 0. The van der Waals surface area contributed by atoms with E-state index >= 15 is 0 Å². The molecule has 0 amide bonds. The Balaban J connectivity index is 2.90. The molecule has 0 spiro atoms. The van der Waals surface area contributed by atoms with E-state index in [0.29, 0.717) is 21.7 Å². The lowest BCUT2D eigenvalue weighted by molar-refractivity contribution is -0.0498. The van der Waals surface area contributed by atoms with Crippen molar-refractivity contribution in [3.8, 4) is 5.75 Å². The van der Waals surface area contributed by atoms with Crippen LogP contribution in [-0.2, 0) is 0 Å². The molecule has 0 saturated carbocycles. The summed E-state index contributed by atoms with van der Waals surface area (Å²) in [5.74, 6) is 0.0838. The van der Waals surface area contributed by atoms with Crippen molar-refractivity contribution in [1.82, 2.24) is 0 Å². The van der Waals surface area contributed by atoms with E-state index in [1.165, 1.54) is 6.07 Å². The molecule has 0 aliphatic rings. The van der Waals surface area contributed by atoms with Gasteiger partial charge in [-0.05, 0) is 34.5 Å². The first kappa shape index (κ1) is 14.5. The van der Waals surface area contributed by atoms with Gasteiger partial charge in [-0.1, -0.05) is 24.9 Å². The molecule has 0 radical (unpaired) electrons. The van der Waals surface area contributed by atoms with Crippen molar-refractivity contribution in [3.63, 3.8) is 0 Å². The van der Waals surface area contributed by atoms with Crippen LogP contribution in [-0.4, -0.2) is 13.2 Å². The topological polar surface area (TPSA) is 21.3 Å². The number of hydrogen-bond donors (Lipinski definition) is 1. The van der Waals surface area contributed by atoms with Crippen molar-refractivity contribution in [3.05, 3.63) is 21.6 Å². The Morgan fingerprint density at radius 3 is 2.76 bits per heavy atom. The highest BCUT2D eigenvalue weighted by molar-refractivity contribution is 9.10. The Hall–Kier alpha value is -0.550. The first-order valence-corrected chi connectivity index (χ1v) is 6.39. The molecule has 0 unspecified atom stereocenters. The first-order chi connectivity index (χ1) is 8.04. The predicted octanol–water partition coefficient (Wildman–Crippen LogP) is 4.92. The third-order valence-corrected chi connectivity index (χ3v) is 2.87. The molecule has 1 aromatic carbocycles. The van der Waals surface area contributed by atoms with Crippen LogP contribution in [0, 0.1) is 0 Å². The highest BCUT2D eigenvalue weighted by atomic mass is 79.9. The number of anilines is 1. The van der Waals surface area contributed by atoms with Crippen molar-refractivity contribution < 1.29 is 13.5 Å². The fourth-order valence-electron chi connectivity index (χ4n) is 1.30. The number of unbranched alkanes of at least 4 members (excludes halogenated alkanes) is 1. The maximum atomic E-state index is 12.3. The molecule has 1 rings (SSSR count). The minimum absolute atomic E-state index is 0.0838. The minimum atomic E-state index is -2.86. The summed E-state index contributed by atoms with van der Waals surface area (Å²) in [5, 5.41) is 3.48. The van der Waals surface area contributed by atoms with E-state index in [2.05, 4.69) is 26.0 Å². The van der Waals surface area contributed by atoms with Crippen LogP contribution in [0.3, 0.4) is 0 Å². The van der Waals surface area contributed by atoms with E-state index in [1.54, 1.807) is 6.07 Å². The fraction of sp³-hybridized carbons (Fsp3) is 0.455. The summed E-state index contributed by atoms with van der Waals surface area (Å²) in [6.07, 6.45) is 1.96. The first-order valence-electron chi connectivity index (χ1n) is 5.22. The molecule has 0 heterocycles. The van der Waals surface area contributed by atoms with Crippen molar-refractivity contribution in [1.29, 1.82) is 0 Å². The molecule has 0 fully saturated rings. The van der Waals surface area contributed by atoms with Gasteiger partial charge in [-0.15, -0.1) is 0 Å². The van der Waals surface area contributed by atoms with Crippen molar-refractivity contribution in [2.24, 2.45) is 0 Å². The largest absolute Gasteiger partial charge is 0.431 e. The predicted molar refractivity (Wildman–Crippen MR) is 69.2 cm³/mol. The van der Waals surface area contributed by atoms with E-state index < -0.39 is 6.61 Å². The van der Waals surface area contributed by atoms with Gasteiger partial charge in [0.25, 0.3) is 0 Å². The Bertz CT molecular complexity index is 377. The third kappa shape index (κ3) is 4.68. The zero-order chi connectivity index (χ0) is 12.8. The molecule has 0 aliphatic heterocycles. The normalized spacial score (nSPS) is 10.7. The van der Waals surface area contributed by atoms with Crippen LogP contribution >= 0.6 is 27.5 Å². The molecule has 1 N–H and O–H groups in total. The fourth-order valence-corrected chi connectivity index (χ4v) is 2.20. The van der Waals surface area contributed by atoms with Gasteiger partial charge in [-0.2, -0.15) is 8.78 Å². The van der Waals surface area contributed by atoms with E-state index in [1.807, 2.05) is 6.92 Å². The molecule has 0 aromatic heterocycles. The van der Waals surface area contributed by atoms with E-state index in [9.17, 15) is 8.78 Å². The van der Waals surface area contributed by atoms with Gasteiger partial charge in [-0.3, -0.25) is 0 Å². The molecule has 0 atom stereocenters. The van der Waals surface area contributed by atoms with Gasteiger partial charge < -0.3 is 10.1 Å². The van der Waals surface area contributed by atoms with Gasteiger partial charge in [0.1, 0.15) is 0 Å². The number of nitrogens with one attached hydrogen (secondary N) is 1. The van der Waals surface area contributed by atoms with Crippen molar-refractivity contribution in [2.75, 3.05) is 11.9 Å². The van der Waals surface area contributed by atoms with E-state index in [-0.39, 0.29) is 5.75 Å². The second-order valence-corrected chi connectivity index (χ2v) is 4.71. The van der Waals surface area contributed by atoms with Crippen LogP contribution in [0.2, 0.25) is 5.02 Å². The number of hydrogen-bond acceptors (Lipinski definition) is 2. The van der Waals surface area contributed by atoms with Crippen LogP contribution in [0.4, 0.5) is 14.5 Å². The Morgan fingerprint density at radius 1 is 1.47 bits per heavy atom. The molecule has 17 heavy (non-hydrogen) atoms. The van der Waals surface area contributed by atoms with Gasteiger partial charge in [0.2, 0.25) is 0 Å². The van der Waals surface area contributed by atoms with Gasteiger partial charge in [0.05, 0.1) is 10.2 Å². The average molecular weight is 329 g/mol. The lowest BCUT2D eigenvalue weighted by Gasteiger charge is -2.14. The Morgan fingerprint density at radius 2 is 2.18 bits per heavy atom. The second kappa shape index (κ2) is 7.01. The van der Waals surface area contributed by atoms with Crippen LogP contribution in [0.5, 0.6) is 5.75 Å². The number of ether oxygens (including phenoxy) is 1. The molecular formula is C11H13BrClF2NO. The molecule has 6 heteroatoms. The number of alkyl halides is 2.